The van der Waals surface area contributed by atoms with Crippen molar-refractivity contribution in [1.29, 1.82) is 0 Å². The van der Waals surface area contributed by atoms with E-state index in [9.17, 15) is 30.6 Å². The smallest absolute Gasteiger partial charge is 0.229 e. The quantitative estimate of drug-likeness (QED) is 0.265. The topological polar surface area (TPSA) is 168 Å². The predicted molar refractivity (Wildman–Crippen MR) is 129 cm³/mol. The Bertz CT molecular complexity index is 1050. The highest BCUT2D eigenvalue weighted by Crippen LogP contribution is 2.43. The third kappa shape index (κ3) is 5.63. The number of methoxy groups -OCH3 is 2. The summed E-state index contributed by atoms with van der Waals surface area (Å²) in [5, 5.41) is 59.7. The van der Waals surface area contributed by atoms with Gasteiger partial charge in [-0.1, -0.05) is 12.1 Å². The molecule has 8 atom stereocenters. The van der Waals surface area contributed by atoms with Gasteiger partial charge in [0.05, 0.1) is 33.5 Å². The van der Waals surface area contributed by atoms with Crippen LogP contribution in [0.1, 0.15) is 17.2 Å². The summed E-state index contributed by atoms with van der Waals surface area (Å²) < 4.78 is 27.9. The molecule has 2 heterocycles. The fourth-order valence-corrected chi connectivity index (χ4v) is 4.92. The van der Waals surface area contributed by atoms with Gasteiger partial charge in [0.25, 0.3) is 0 Å². The van der Waals surface area contributed by atoms with E-state index in [1.807, 2.05) is 6.07 Å². The predicted octanol–water partition coefficient (Wildman–Crippen LogP) is 0.127. The van der Waals surface area contributed by atoms with Crippen molar-refractivity contribution in [3.8, 4) is 23.0 Å². The maximum absolute atomic E-state index is 10.3. The number of aromatic hydroxyl groups is 1. The first-order chi connectivity index (χ1) is 17.8. The number of hydrogen-bond donors (Lipinski definition) is 6. The number of aliphatic hydroxyl groups is 5. The minimum absolute atomic E-state index is 0.0142. The first kappa shape index (κ1) is 27.4. The monoisotopic (exact) mass is 522 g/mol. The molecule has 0 amide bonds. The largest absolute Gasteiger partial charge is 0.504 e. The van der Waals surface area contributed by atoms with Crippen LogP contribution in [0.15, 0.2) is 36.4 Å². The summed E-state index contributed by atoms with van der Waals surface area (Å²) in [6.45, 7) is -0.249. The van der Waals surface area contributed by atoms with Crippen molar-refractivity contribution in [2.45, 2.75) is 43.2 Å². The van der Waals surface area contributed by atoms with Gasteiger partial charge < -0.3 is 54.3 Å². The summed E-state index contributed by atoms with van der Waals surface area (Å²) in [6.07, 6.45) is -6.86. The number of ether oxygens (including phenoxy) is 5. The molecule has 204 valence electrons. The van der Waals surface area contributed by atoms with Gasteiger partial charge >= 0.3 is 0 Å². The van der Waals surface area contributed by atoms with Crippen LogP contribution in [0.3, 0.4) is 0 Å². The van der Waals surface area contributed by atoms with E-state index in [-0.39, 0.29) is 29.9 Å². The van der Waals surface area contributed by atoms with Crippen LogP contribution in [-0.4, -0.2) is 95.4 Å². The Kier molecular flexibility index (Phi) is 8.75. The van der Waals surface area contributed by atoms with Crippen molar-refractivity contribution in [3.05, 3.63) is 47.5 Å². The third-order valence-electron chi connectivity index (χ3n) is 7.04. The van der Waals surface area contributed by atoms with E-state index in [0.717, 1.165) is 11.1 Å². The fraction of sp³-hybridized carbons (Fsp3) is 0.538. The average Bonchev–Trinajstić information content (AvgIpc) is 3.32. The molecule has 2 aliphatic rings. The minimum atomic E-state index is -1.57. The summed E-state index contributed by atoms with van der Waals surface area (Å²) in [5.41, 5.74) is 1.70. The lowest BCUT2D eigenvalue weighted by molar-refractivity contribution is -0.277. The number of phenols is 1. The molecule has 0 aliphatic carbocycles. The highest BCUT2D eigenvalue weighted by molar-refractivity contribution is 5.44. The van der Waals surface area contributed by atoms with Gasteiger partial charge in [0.1, 0.15) is 24.4 Å². The zero-order valence-corrected chi connectivity index (χ0v) is 20.6. The van der Waals surface area contributed by atoms with Crippen molar-refractivity contribution in [1.82, 2.24) is 0 Å². The zero-order valence-electron chi connectivity index (χ0n) is 20.6. The highest BCUT2D eigenvalue weighted by Gasteiger charge is 2.45. The Balaban J connectivity index is 1.49. The van der Waals surface area contributed by atoms with Crippen LogP contribution in [0.5, 0.6) is 23.0 Å². The van der Waals surface area contributed by atoms with E-state index in [1.54, 1.807) is 30.3 Å². The number of benzene rings is 2. The lowest BCUT2D eigenvalue weighted by Gasteiger charge is -2.39. The van der Waals surface area contributed by atoms with Crippen molar-refractivity contribution < 1.29 is 54.3 Å². The second-order valence-corrected chi connectivity index (χ2v) is 9.30. The van der Waals surface area contributed by atoms with Gasteiger partial charge in [-0.2, -0.15) is 0 Å². The number of rotatable bonds is 9. The van der Waals surface area contributed by atoms with Crippen molar-refractivity contribution in [2.75, 3.05) is 34.0 Å². The number of hydrogen-bond acceptors (Lipinski definition) is 11. The molecule has 0 spiro atoms. The van der Waals surface area contributed by atoms with Gasteiger partial charge in [0, 0.05) is 12.5 Å². The molecule has 0 aromatic heterocycles. The van der Waals surface area contributed by atoms with E-state index >= 15 is 0 Å². The first-order valence-electron chi connectivity index (χ1n) is 12.0. The summed E-state index contributed by atoms with van der Waals surface area (Å²) >= 11 is 0. The average molecular weight is 523 g/mol. The highest BCUT2D eigenvalue weighted by atomic mass is 16.7. The number of phenolic OH excluding ortho intramolecular Hbond substituents is 1. The standard InChI is InChI=1S/C26H34O11/c1-33-19-8-13(3-5-17(19)29)7-15-12-35-25(16(15)10-27)14-4-6-18(20(9-14)34-2)36-26-24(32)23(31)22(30)21(11-28)37-26/h3-6,8-9,15-16,21-32H,7,10-12H2,1-2H3/t15-,16-,21-,22-,23+,24-,25-,26-/m0/s1. The molecule has 11 heteroatoms. The van der Waals surface area contributed by atoms with Gasteiger partial charge in [-0.25, -0.2) is 0 Å². The Labute approximate surface area is 214 Å². The molecule has 0 saturated carbocycles. The molecular weight excluding hydrogens is 488 g/mol. The van der Waals surface area contributed by atoms with Crippen LogP contribution in [0, 0.1) is 11.8 Å². The zero-order chi connectivity index (χ0) is 26.7. The van der Waals surface area contributed by atoms with Gasteiger partial charge in [0.2, 0.25) is 6.29 Å². The third-order valence-corrected chi connectivity index (χ3v) is 7.04. The fourth-order valence-electron chi connectivity index (χ4n) is 4.92. The van der Waals surface area contributed by atoms with E-state index < -0.39 is 43.4 Å². The summed E-state index contributed by atoms with van der Waals surface area (Å²) in [4.78, 5) is 0. The van der Waals surface area contributed by atoms with E-state index in [2.05, 4.69) is 0 Å². The van der Waals surface area contributed by atoms with Gasteiger partial charge in [-0.3, -0.25) is 0 Å². The van der Waals surface area contributed by atoms with Crippen LogP contribution in [0.4, 0.5) is 0 Å². The molecule has 2 saturated heterocycles. The second kappa shape index (κ2) is 11.8. The molecule has 2 aromatic carbocycles. The molecule has 2 aliphatic heterocycles. The Morgan fingerprint density at radius 2 is 1.62 bits per heavy atom. The minimum Gasteiger partial charge on any atom is -0.504 e. The summed E-state index contributed by atoms with van der Waals surface area (Å²) in [6, 6.07) is 10.2. The van der Waals surface area contributed by atoms with Crippen LogP contribution in [-0.2, 0) is 15.9 Å². The van der Waals surface area contributed by atoms with E-state index in [0.29, 0.717) is 24.5 Å². The van der Waals surface area contributed by atoms with Crippen LogP contribution >= 0.6 is 0 Å². The Hall–Kier alpha value is -2.64. The number of aliphatic hydroxyl groups excluding tert-OH is 5. The molecule has 4 rings (SSSR count). The first-order valence-corrected chi connectivity index (χ1v) is 12.0. The normalized spacial score (nSPS) is 31.8. The van der Waals surface area contributed by atoms with Gasteiger partial charge in [0.15, 0.2) is 23.0 Å². The van der Waals surface area contributed by atoms with Crippen LogP contribution in [0.2, 0.25) is 0 Å². The lowest BCUT2D eigenvalue weighted by Crippen LogP contribution is -2.60. The van der Waals surface area contributed by atoms with Crippen molar-refractivity contribution >= 4 is 0 Å². The molecular formula is C26H34O11. The summed E-state index contributed by atoms with van der Waals surface area (Å²) in [7, 11) is 2.93. The Morgan fingerprint density at radius 3 is 2.30 bits per heavy atom. The molecule has 6 N–H and O–H groups in total. The van der Waals surface area contributed by atoms with E-state index in [4.69, 9.17) is 23.7 Å². The second-order valence-electron chi connectivity index (χ2n) is 9.30. The Morgan fingerprint density at radius 1 is 0.865 bits per heavy atom. The van der Waals surface area contributed by atoms with Gasteiger partial charge in [-0.05, 0) is 47.7 Å². The molecule has 2 fully saturated rings. The molecule has 37 heavy (non-hydrogen) atoms. The van der Waals surface area contributed by atoms with Crippen LogP contribution < -0.4 is 14.2 Å². The molecule has 0 radical (unpaired) electrons. The molecule has 0 bridgehead atoms. The molecule has 2 aromatic rings. The summed E-state index contributed by atoms with van der Waals surface area (Å²) in [5.74, 6) is 0.766. The SMILES string of the molecule is COc1cc(C[C@H]2CO[C@@H](c3ccc(O[C@H]4O[C@@H](CO)[C@H](O)[C@@H](O)[C@@H]4O)c(OC)c3)[C@H]2CO)ccc1O. The maximum Gasteiger partial charge on any atom is 0.229 e. The maximum atomic E-state index is 10.3. The van der Waals surface area contributed by atoms with E-state index in [1.165, 1.54) is 14.2 Å². The van der Waals surface area contributed by atoms with Crippen LogP contribution in [0.25, 0.3) is 0 Å². The van der Waals surface area contributed by atoms with Gasteiger partial charge in [-0.15, -0.1) is 0 Å². The lowest BCUT2D eigenvalue weighted by atomic mass is 9.84. The molecule has 0 unspecified atom stereocenters. The van der Waals surface area contributed by atoms with Crippen molar-refractivity contribution in [2.24, 2.45) is 11.8 Å². The van der Waals surface area contributed by atoms with Crippen molar-refractivity contribution in [3.63, 3.8) is 0 Å². The molecule has 11 nitrogen and oxygen atoms in total.